The van der Waals surface area contributed by atoms with Crippen molar-refractivity contribution in [1.82, 2.24) is 14.2 Å². The number of carbonyl (C=O) groups is 1. The smallest absolute Gasteiger partial charge is 0.246 e. The van der Waals surface area contributed by atoms with Crippen LogP contribution >= 0.6 is 0 Å². The second kappa shape index (κ2) is 8.52. The van der Waals surface area contributed by atoms with E-state index in [1.54, 1.807) is 17.2 Å². The van der Waals surface area contributed by atoms with Crippen LogP contribution in [-0.4, -0.2) is 54.7 Å². The van der Waals surface area contributed by atoms with Crippen molar-refractivity contribution in [3.63, 3.8) is 0 Å². The Morgan fingerprint density at radius 1 is 0.968 bits per heavy atom. The number of carbonyl (C=O) groups excluding carboxylic acids is 1. The molecule has 1 aromatic heterocycles. The van der Waals surface area contributed by atoms with Crippen molar-refractivity contribution in [3.8, 4) is 0 Å². The number of amides is 1. The van der Waals surface area contributed by atoms with Crippen LogP contribution in [-0.2, 0) is 14.8 Å². The number of para-hydroxylation sites is 1. The van der Waals surface area contributed by atoms with E-state index in [-0.39, 0.29) is 37.0 Å². The molecule has 0 atom stereocenters. The highest BCUT2D eigenvalue weighted by Crippen LogP contribution is 2.21. The van der Waals surface area contributed by atoms with Gasteiger partial charge in [0.05, 0.1) is 10.4 Å². The summed E-state index contributed by atoms with van der Waals surface area (Å²) in [4.78, 5) is 18.2. The van der Waals surface area contributed by atoms with Crippen LogP contribution in [0.5, 0.6) is 0 Å². The van der Waals surface area contributed by atoms with Gasteiger partial charge in [-0.05, 0) is 30.3 Å². The molecule has 0 radical (unpaired) electrons. The van der Waals surface area contributed by atoms with Gasteiger partial charge in [0, 0.05) is 49.4 Å². The molecule has 1 aliphatic rings. The van der Waals surface area contributed by atoms with Crippen molar-refractivity contribution in [1.29, 1.82) is 0 Å². The quantitative estimate of drug-likeness (QED) is 0.581. The Morgan fingerprint density at radius 3 is 2.45 bits per heavy atom. The maximum Gasteiger partial charge on any atom is 0.246 e. The normalized spacial score (nSPS) is 15.6. The van der Waals surface area contributed by atoms with Crippen molar-refractivity contribution in [2.75, 3.05) is 26.2 Å². The second-order valence-corrected chi connectivity index (χ2v) is 9.00. The topological polar surface area (TPSA) is 70.6 Å². The fraction of sp³-hybridized carbons (Fsp3) is 0.182. The van der Waals surface area contributed by atoms with Crippen LogP contribution in [0.15, 0.2) is 65.7 Å². The van der Waals surface area contributed by atoms with E-state index in [0.717, 1.165) is 28.6 Å². The molecule has 160 valence electrons. The standard InChI is InChI=1S/C22H19F2N3O3S/c23-19-8-7-18(15-20(19)24)31(29,30)27-13-11-26(12-14-27)21(28)9-6-17-4-1-3-16-5-2-10-25-22(16)17/h1-10,15H,11-14H2. The summed E-state index contributed by atoms with van der Waals surface area (Å²) in [6, 6.07) is 12.0. The van der Waals surface area contributed by atoms with Crippen LogP contribution in [0.25, 0.3) is 17.0 Å². The van der Waals surface area contributed by atoms with E-state index in [4.69, 9.17) is 0 Å². The van der Waals surface area contributed by atoms with Crippen LogP contribution < -0.4 is 0 Å². The van der Waals surface area contributed by atoms with Crippen molar-refractivity contribution >= 4 is 32.9 Å². The molecule has 0 aliphatic carbocycles. The van der Waals surface area contributed by atoms with Crippen molar-refractivity contribution < 1.29 is 22.0 Å². The van der Waals surface area contributed by atoms with Crippen LogP contribution in [0.3, 0.4) is 0 Å². The Labute approximate surface area is 178 Å². The Morgan fingerprint density at radius 2 is 1.71 bits per heavy atom. The summed E-state index contributed by atoms with van der Waals surface area (Å²) in [6.07, 6.45) is 4.83. The number of benzene rings is 2. The molecule has 1 aliphatic heterocycles. The number of piperazine rings is 1. The monoisotopic (exact) mass is 443 g/mol. The molecule has 2 aromatic carbocycles. The Kier molecular flexibility index (Phi) is 5.79. The van der Waals surface area contributed by atoms with Gasteiger partial charge in [-0.1, -0.05) is 24.3 Å². The summed E-state index contributed by atoms with van der Waals surface area (Å²) < 4.78 is 53.1. The first-order valence-corrected chi connectivity index (χ1v) is 11.1. The summed E-state index contributed by atoms with van der Waals surface area (Å²) in [5.74, 6) is -2.57. The molecular formula is C22H19F2N3O3S. The molecule has 9 heteroatoms. The van der Waals surface area contributed by atoms with Gasteiger partial charge in [0.15, 0.2) is 11.6 Å². The van der Waals surface area contributed by atoms with Gasteiger partial charge in [-0.2, -0.15) is 4.31 Å². The van der Waals surface area contributed by atoms with E-state index in [2.05, 4.69) is 4.98 Å². The molecule has 0 bridgehead atoms. The molecule has 3 aromatic rings. The average molecular weight is 443 g/mol. The van der Waals surface area contributed by atoms with E-state index in [1.807, 2.05) is 30.3 Å². The third-order valence-corrected chi connectivity index (χ3v) is 7.04. The highest BCUT2D eigenvalue weighted by atomic mass is 32.2. The van der Waals surface area contributed by atoms with Crippen LogP contribution in [0.4, 0.5) is 8.78 Å². The first-order valence-electron chi connectivity index (χ1n) is 9.62. The third-order valence-electron chi connectivity index (χ3n) is 5.15. The molecule has 0 unspecified atom stereocenters. The van der Waals surface area contributed by atoms with Gasteiger partial charge < -0.3 is 4.90 Å². The van der Waals surface area contributed by atoms with Gasteiger partial charge in [-0.3, -0.25) is 9.78 Å². The SMILES string of the molecule is O=C(C=Cc1cccc2cccnc12)N1CCN(S(=O)(=O)c2ccc(F)c(F)c2)CC1. The molecule has 1 saturated heterocycles. The average Bonchev–Trinajstić information content (AvgIpc) is 2.79. The maximum atomic E-state index is 13.4. The molecule has 4 rings (SSSR count). The zero-order chi connectivity index (χ0) is 22.0. The maximum absolute atomic E-state index is 13.4. The Bertz CT molecular complexity index is 1260. The lowest BCUT2D eigenvalue weighted by Gasteiger charge is -2.33. The molecule has 1 amide bonds. The van der Waals surface area contributed by atoms with E-state index < -0.39 is 21.7 Å². The highest BCUT2D eigenvalue weighted by Gasteiger charge is 2.30. The van der Waals surface area contributed by atoms with E-state index in [9.17, 15) is 22.0 Å². The number of aromatic nitrogens is 1. The van der Waals surface area contributed by atoms with E-state index in [1.165, 1.54) is 10.4 Å². The van der Waals surface area contributed by atoms with E-state index in [0.29, 0.717) is 6.07 Å². The number of rotatable bonds is 4. The minimum absolute atomic E-state index is 0.0662. The second-order valence-electron chi connectivity index (χ2n) is 7.06. The van der Waals surface area contributed by atoms with E-state index >= 15 is 0 Å². The fourth-order valence-electron chi connectivity index (χ4n) is 3.46. The third kappa shape index (κ3) is 4.33. The Balaban J connectivity index is 1.43. The lowest BCUT2D eigenvalue weighted by atomic mass is 10.1. The largest absolute Gasteiger partial charge is 0.337 e. The summed E-state index contributed by atoms with van der Waals surface area (Å²) in [5, 5.41) is 0.966. The van der Waals surface area contributed by atoms with Crippen LogP contribution in [0.2, 0.25) is 0 Å². The number of sulfonamides is 1. The number of halogens is 2. The molecule has 0 spiro atoms. The Hall–Kier alpha value is -3.17. The van der Waals surface area contributed by atoms with Gasteiger partial charge in [0.25, 0.3) is 0 Å². The summed E-state index contributed by atoms with van der Waals surface area (Å²) in [7, 11) is -3.97. The van der Waals surface area contributed by atoms with Gasteiger partial charge in [0.2, 0.25) is 15.9 Å². The summed E-state index contributed by atoms with van der Waals surface area (Å²) in [6.45, 7) is 0.521. The highest BCUT2D eigenvalue weighted by molar-refractivity contribution is 7.89. The number of pyridine rings is 1. The van der Waals surface area contributed by atoms with Crippen molar-refractivity contribution in [2.24, 2.45) is 0 Å². The lowest BCUT2D eigenvalue weighted by Crippen LogP contribution is -2.50. The predicted molar refractivity (Wildman–Crippen MR) is 112 cm³/mol. The number of nitrogens with zero attached hydrogens (tertiary/aromatic N) is 3. The fourth-order valence-corrected chi connectivity index (χ4v) is 4.90. The minimum atomic E-state index is -3.97. The lowest BCUT2D eigenvalue weighted by molar-refractivity contribution is -0.127. The molecule has 31 heavy (non-hydrogen) atoms. The molecule has 0 N–H and O–H groups in total. The minimum Gasteiger partial charge on any atom is -0.337 e. The number of hydrogen-bond donors (Lipinski definition) is 0. The predicted octanol–water partition coefficient (Wildman–Crippen LogP) is 3.06. The van der Waals surface area contributed by atoms with Gasteiger partial charge >= 0.3 is 0 Å². The van der Waals surface area contributed by atoms with Gasteiger partial charge in [0.1, 0.15) is 0 Å². The number of hydrogen-bond acceptors (Lipinski definition) is 4. The van der Waals surface area contributed by atoms with Crippen LogP contribution in [0.1, 0.15) is 5.56 Å². The molecule has 6 nitrogen and oxygen atoms in total. The molecule has 0 saturated carbocycles. The summed E-state index contributed by atoms with van der Waals surface area (Å²) in [5.41, 5.74) is 1.60. The van der Waals surface area contributed by atoms with Crippen molar-refractivity contribution in [3.05, 3.63) is 78.0 Å². The summed E-state index contributed by atoms with van der Waals surface area (Å²) >= 11 is 0. The van der Waals surface area contributed by atoms with Gasteiger partial charge in [-0.15, -0.1) is 0 Å². The first-order chi connectivity index (χ1) is 14.9. The zero-order valence-electron chi connectivity index (χ0n) is 16.4. The molecular weight excluding hydrogens is 424 g/mol. The van der Waals surface area contributed by atoms with Gasteiger partial charge in [-0.25, -0.2) is 17.2 Å². The molecule has 2 heterocycles. The van der Waals surface area contributed by atoms with Crippen LogP contribution in [0, 0.1) is 11.6 Å². The number of fused-ring (bicyclic) bond motifs is 1. The first kappa shape index (κ1) is 21.1. The molecule has 1 fully saturated rings. The zero-order valence-corrected chi connectivity index (χ0v) is 17.2. The van der Waals surface area contributed by atoms with Crippen molar-refractivity contribution in [2.45, 2.75) is 4.90 Å².